The van der Waals surface area contributed by atoms with Gasteiger partial charge in [-0.25, -0.2) is 14.4 Å². The van der Waals surface area contributed by atoms with E-state index in [0.29, 0.717) is 33.7 Å². The topological polar surface area (TPSA) is 171 Å². The number of nitrogens with zero attached hydrogens (tertiary/aromatic N) is 5. The lowest BCUT2D eigenvalue weighted by atomic mass is 10.1. The first kappa shape index (κ1) is 25.7. The molecule has 0 spiro atoms. The average molecular weight is 539 g/mol. The summed E-state index contributed by atoms with van der Waals surface area (Å²) in [6, 6.07) is 9.10. The van der Waals surface area contributed by atoms with E-state index in [-0.39, 0.29) is 24.2 Å². The minimum Gasteiger partial charge on any atom is -0.308 e. The summed E-state index contributed by atoms with van der Waals surface area (Å²) in [4.78, 5) is 9.79. The zero-order chi connectivity index (χ0) is 26.3. The fourth-order valence-corrected chi connectivity index (χ4v) is 5.09. The third kappa shape index (κ3) is 5.87. The van der Waals surface area contributed by atoms with Crippen LogP contribution in [-0.4, -0.2) is 62.4 Å². The van der Waals surface area contributed by atoms with Gasteiger partial charge in [-0.2, -0.15) is 21.9 Å². The molecule has 0 atom stereocenters. The number of halogens is 1. The molecule has 0 aliphatic carbocycles. The summed E-state index contributed by atoms with van der Waals surface area (Å²) >= 11 is 0. The molecule has 36 heavy (non-hydrogen) atoms. The van der Waals surface area contributed by atoms with Crippen molar-refractivity contribution in [3.05, 3.63) is 48.4 Å². The molecule has 3 aromatic heterocycles. The Morgan fingerprint density at radius 3 is 2.22 bits per heavy atom. The van der Waals surface area contributed by atoms with Gasteiger partial charge in [-0.15, -0.1) is 0 Å². The van der Waals surface area contributed by atoms with Crippen LogP contribution in [0.1, 0.15) is 13.8 Å². The number of H-pyrrole nitrogens is 1. The zero-order valence-electron chi connectivity index (χ0n) is 19.2. The van der Waals surface area contributed by atoms with Crippen molar-refractivity contribution in [1.82, 2.24) is 24.7 Å². The third-order valence-corrected chi connectivity index (χ3v) is 6.36. The molecule has 192 valence electrons. The quantitative estimate of drug-likeness (QED) is 0.269. The Morgan fingerprint density at radius 2 is 1.64 bits per heavy atom. The predicted molar refractivity (Wildman–Crippen MR) is 131 cm³/mol. The van der Waals surface area contributed by atoms with Crippen molar-refractivity contribution in [2.24, 2.45) is 5.92 Å². The van der Waals surface area contributed by atoms with Crippen molar-refractivity contribution in [2.45, 2.75) is 20.4 Å². The summed E-state index contributed by atoms with van der Waals surface area (Å²) in [5.74, 6) is -2.71. The molecular formula is C21H23FN6O6S2. The van der Waals surface area contributed by atoms with Crippen LogP contribution in [0, 0.1) is 11.7 Å². The molecule has 0 saturated carbocycles. The normalized spacial score (nSPS) is 12.5. The molecule has 0 amide bonds. The van der Waals surface area contributed by atoms with Gasteiger partial charge in [-0.1, -0.05) is 13.8 Å². The summed E-state index contributed by atoms with van der Waals surface area (Å²) in [7, 11) is -9.34. The molecule has 12 nitrogen and oxygen atoms in total. The van der Waals surface area contributed by atoms with E-state index in [1.807, 2.05) is 13.8 Å². The Bertz CT molecular complexity index is 1580. The number of fused-ring (bicyclic) bond motifs is 1. The van der Waals surface area contributed by atoms with Crippen LogP contribution in [0.15, 0.2) is 42.6 Å². The van der Waals surface area contributed by atoms with Gasteiger partial charge in [-0.05, 0) is 42.3 Å². The molecular weight excluding hydrogens is 515 g/mol. The number of hydrogen-bond donors (Lipinski definition) is 3. The highest BCUT2D eigenvalue weighted by molar-refractivity contribution is 7.86. The molecule has 0 fully saturated rings. The molecule has 3 heterocycles. The van der Waals surface area contributed by atoms with Gasteiger partial charge in [0.15, 0.2) is 5.65 Å². The number of benzene rings is 1. The molecule has 4 aromatic rings. The van der Waals surface area contributed by atoms with Crippen LogP contribution >= 0.6 is 0 Å². The van der Waals surface area contributed by atoms with Gasteiger partial charge in [0.05, 0.1) is 17.6 Å². The van der Waals surface area contributed by atoms with E-state index in [0.717, 1.165) is 4.90 Å². The van der Waals surface area contributed by atoms with Gasteiger partial charge in [0, 0.05) is 17.7 Å². The maximum absolute atomic E-state index is 13.4. The first-order chi connectivity index (χ1) is 16.8. The smallest absolute Gasteiger partial charge is 0.283 e. The predicted octanol–water partition coefficient (Wildman–Crippen LogP) is 2.78. The van der Waals surface area contributed by atoms with E-state index in [2.05, 4.69) is 20.2 Å². The number of rotatable bonds is 9. The maximum atomic E-state index is 13.4. The zero-order valence-corrected chi connectivity index (χ0v) is 20.8. The summed E-state index contributed by atoms with van der Waals surface area (Å²) in [6.45, 7) is 4.04. The Morgan fingerprint density at radius 1 is 1.00 bits per heavy atom. The molecule has 0 bridgehead atoms. The first-order valence-corrected chi connectivity index (χ1v) is 13.8. The van der Waals surface area contributed by atoms with Gasteiger partial charge >= 0.3 is 0 Å². The number of nitrogens with one attached hydrogen (secondary N) is 1. The molecule has 15 heteroatoms. The maximum Gasteiger partial charge on any atom is 0.283 e. The lowest BCUT2D eigenvalue weighted by molar-refractivity contribution is 0.473. The highest BCUT2D eigenvalue weighted by Gasteiger charge is 2.26. The van der Waals surface area contributed by atoms with E-state index in [1.54, 1.807) is 30.5 Å². The second kappa shape index (κ2) is 9.57. The number of hydrogen-bond acceptors (Lipinski definition) is 8. The van der Waals surface area contributed by atoms with E-state index >= 15 is 0 Å². The first-order valence-electron chi connectivity index (χ1n) is 10.6. The number of anilines is 1. The summed E-state index contributed by atoms with van der Waals surface area (Å²) < 4.78 is 80.1. The van der Waals surface area contributed by atoms with Crippen LogP contribution in [0.4, 0.5) is 10.3 Å². The largest absolute Gasteiger partial charge is 0.308 e. The van der Waals surface area contributed by atoms with Crippen molar-refractivity contribution in [2.75, 3.05) is 16.7 Å². The Hall–Kier alpha value is -3.40. The second-order valence-electron chi connectivity index (χ2n) is 8.58. The van der Waals surface area contributed by atoms with Crippen molar-refractivity contribution >= 4 is 37.3 Å². The fourth-order valence-electron chi connectivity index (χ4n) is 3.78. The summed E-state index contributed by atoms with van der Waals surface area (Å²) in [6.07, 6.45) is 1.56. The van der Waals surface area contributed by atoms with E-state index in [9.17, 15) is 30.3 Å². The lowest BCUT2D eigenvalue weighted by Crippen LogP contribution is -2.36. The molecule has 1 aromatic carbocycles. The number of aromatic nitrogens is 5. The van der Waals surface area contributed by atoms with Crippen LogP contribution in [0.2, 0.25) is 0 Å². The second-order valence-corrected chi connectivity index (χ2v) is 11.4. The highest BCUT2D eigenvalue weighted by Crippen LogP contribution is 2.31. The number of imidazole rings is 1. The van der Waals surface area contributed by atoms with Gasteiger partial charge in [0.2, 0.25) is 5.95 Å². The molecule has 0 aliphatic heterocycles. The molecule has 0 saturated heterocycles. The minimum absolute atomic E-state index is 0.00799. The average Bonchev–Trinajstić information content (AvgIpc) is 3.36. The van der Waals surface area contributed by atoms with Crippen molar-refractivity contribution < 1.29 is 30.3 Å². The SMILES string of the molecule is CC(C)Cn1c(N(CS(=O)(=O)O)CS(=O)(=O)O)nc2ccc(-c3cn[nH]c3-c3ccc(F)cc3)nc21. The number of aromatic amines is 1. The monoisotopic (exact) mass is 538 g/mol. The Balaban J connectivity index is 1.88. The van der Waals surface area contributed by atoms with Gasteiger partial charge in [0.25, 0.3) is 20.2 Å². The molecule has 0 radical (unpaired) electrons. The minimum atomic E-state index is -4.67. The van der Waals surface area contributed by atoms with Crippen LogP contribution in [0.3, 0.4) is 0 Å². The van der Waals surface area contributed by atoms with Gasteiger partial charge in [-0.3, -0.25) is 18.8 Å². The molecule has 3 N–H and O–H groups in total. The van der Waals surface area contributed by atoms with Gasteiger partial charge < -0.3 is 4.90 Å². The standard InChI is InChI=1S/C21H23FN6O6S2/c1-13(2)10-28-20-18(25-21(28)27(11-35(29,30)31)12-36(32,33)34)8-7-17(24-20)16-9-23-26-19(16)14-3-5-15(22)6-4-14/h3-9,13H,10-12H2,1-2H3,(H,23,26)(H,29,30,31)(H,32,33,34). The highest BCUT2D eigenvalue weighted by atomic mass is 32.2. The molecule has 4 rings (SSSR count). The van der Waals surface area contributed by atoms with Crippen LogP contribution < -0.4 is 4.90 Å². The van der Waals surface area contributed by atoms with Crippen LogP contribution in [-0.2, 0) is 26.8 Å². The van der Waals surface area contributed by atoms with E-state index in [4.69, 9.17) is 0 Å². The Labute approximate surface area is 206 Å². The van der Waals surface area contributed by atoms with Crippen molar-refractivity contribution in [3.8, 4) is 22.5 Å². The van der Waals surface area contributed by atoms with Crippen LogP contribution in [0.5, 0.6) is 0 Å². The molecule has 0 aliphatic rings. The lowest BCUT2D eigenvalue weighted by Gasteiger charge is -2.22. The molecule has 0 unspecified atom stereocenters. The summed E-state index contributed by atoms with van der Waals surface area (Å²) in [5.41, 5.74) is 3.00. The summed E-state index contributed by atoms with van der Waals surface area (Å²) in [5, 5.41) is 6.96. The van der Waals surface area contributed by atoms with E-state index in [1.165, 1.54) is 16.7 Å². The third-order valence-electron chi connectivity index (χ3n) is 5.09. The fraction of sp³-hybridized carbons (Fsp3) is 0.286. The van der Waals surface area contributed by atoms with Gasteiger partial charge in [0.1, 0.15) is 23.1 Å². The van der Waals surface area contributed by atoms with Crippen LogP contribution in [0.25, 0.3) is 33.7 Å². The van der Waals surface area contributed by atoms with Crippen molar-refractivity contribution in [1.29, 1.82) is 0 Å². The van der Waals surface area contributed by atoms with E-state index < -0.39 is 32.0 Å². The van der Waals surface area contributed by atoms with Crippen molar-refractivity contribution in [3.63, 3.8) is 0 Å². The number of pyridine rings is 1. The Kier molecular flexibility index (Phi) is 6.83.